The van der Waals surface area contributed by atoms with Gasteiger partial charge in [-0.1, -0.05) is 253 Å². The molecule has 0 bridgehead atoms. The molecule has 0 saturated heterocycles. The summed E-state index contributed by atoms with van der Waals surface area (Å²) in [4.78, 5) is 8.48. The van der Waals surface area contributed by atoms with E-state index in [-0.39, 0.29) is 55.6 Å². The molecule has 15 rings (SSSR count). The summed E-state index contributed by atoms with van der Waals surface area (Å²) in [5.74, 6) is 0. The van der Waals surface area contributed by atoms with Crippen molar-refractivity contribution in [2.24, 2.45) is 0 Å². The molecule has 9 aromatic rings. The highest BCUT2D eigenvalue weighted by Gasteiger charge is 2.59. The van der Waals surface area contributed by atoms with Crippen molar-refractivity contribution in [3.63, 3.8) is 0 Å². The van der Waals surface area contributed by atoms with Crippen LogP contribution in [0.4, 0.5) is 45.5 Å². The molecule has 0 N–H and O–H groups in total. The lowest BCUT2D eigenvalue weighted by atomic mass is 9.33. The Hall–Kier alpha value is -7.56. The summed E-state index contributed by atoms with van der Waals surface area (Å²) in [5, 5.41) is 0. The van der Waals surface area contributed by atoms with E-state index in [1.165, 1.54) is 153 Å². The minimum atomic E-state index is -0.240. The van der Waals surface area contributed by atoms with Crippen molar-refractivity contribution in [2.45, 2.75) is 225 Å². The van der Waals surface area contributed by atoms with Crippen LogP contribution in [0.2, 0.25) is 0 Å². The van der Waals surface area contributed by atoms with Crippen molar-refractivity contribution in [2.75, 3.05) is 14.7 Å². The zero-order valence-electron chi connectivity index (χ0n) is 59.6. The van der Waals surface area contributed by atoms with Gasteiger partial charge in [-0.3, -0.25) is 0 Å². The first kappa shape index (κ1) is 61.6. The fraction of sp³-hybridized carbons (Fsp3) is 0.393. The molecule has 6 aliphatic rings. The highest BCUT2D eigenvalue weighted by molar-refractivity contribution is 7.00. The standard InChI is InChI=1S/C89H100BN3/c1-81(2,3)60-35-32-56(33-36-60)59-34-39-75-70(46-59)88(18)42-26-27-43-89(88,19)93(75)63-49-78-80-79(50-63)92(74-41-38-62(83(7,8)9)48-65(74)58-30-24-21-25-31-58)77-54-69-67(86(14,15)55-87(69,16)17)52-72(77)90(80)71-51-66-68(85(12,13)45-44-84(66,10)11)53-76(71)91(78)73-40-37-61(82(4,5)6)47-64(73)57-28-22-20-23-29-57/h20-25,28-41,46-54H,26-27,42-45,55H2,1-19H3. The molecular weight excluding hydrogens is 1120 g/mol. The van der Waals surface area contributed by atoms with E-state index in [2.05, 4.69) is 322 Å². The molecule has 1 fully saturated rings. The molecule has 3 aliphatic heterocycles. The maximum absolute atomic E-state index is 2.88. The van der Waals surface area contributed by atoms with E-state index < -0.39 is 0 Å². The van der Waals surface area contributed by atoms with Crippen molar-refractivity contribution in [1.29, 1.82) is 0 Å². The Morgan fingerprint density at radius 3 is 1.24 bits per heavy atom. The Morgan fingerprint density at radius 2 is 0.753 bits per heavy atom. The quantitative estimate of drug-likeness (QED) is 0.154. The number of hydrogen-bond acceptors (Lipinski definition) is 3. The summed E-state index contributed by atoms with van der Waals surface area (Å²) < 4.78 is 0. The van der Waals surface area contributed by atoms with Crippen molar-refractivity contribution in [1.82, 2.24) is 0 Å². The van der Waals surface area contributed by atoms with Gasteiger partial charge in [0.15, 0.2) is 0 Å². The van der Waals surface area contributed by atoms with E-state index in [1.807, 2.05) is 0 Å². The van der Waals surface area contributed by atoms with Gasteiger partial charge in [0.1, 0.15) is 0 Å². The first-order valence-electron chi connectivity index (χ1n) is 35.3. The molecule has 1 saturated carbocycles. The van der Waals surface area contributed by atoms with Gasteiger partial charge in [0.05, 0.1) is 16.9 Å². The van der Waals surface area contributed by atoms with Crippen LogP contribution in [0, 0.1) is 0 Å². The van der Waals surface area contributed by atoms with E-state index in [0.717, 1.165) is 32.1 Å². The summed E-state index contributed by atoms with van der Waals surface area (Å²) in [6.07, 6.45) is 7.99. The topological polar surface area (TPSA) is 9.72 Å². The average Bonchev–Trinajstić information content (AvgIpc) is 1.67. The van der Waals surface area contributed by atoms with Crippen molar-refractivity contribution >= 4 is 68.6 Å². The minimum absolute atomic E-state index is 0.0188. The molecule has 3 heterocycles. The maximum atomic E-state index is 2.88. The summed E-state index contributed by atoms with van der Waals surface area (Å²) in [6.45, 7) is 46.5. The molecule has 0 radical (unpaired) electrons. The van der Waals surface area contributed by atoms with Crippen molar-refractivity contribution in [3.05, 3.63) is 220 Å². The molecule has 3 nitrogen and oxygen atoms in total. The molecule has 93 heavy (non-hydrogen) atoms. The lowest BCUT2D eigenvalue weighted by molar-refractivity contribution is 0.195. The Bertz CT molecular complexity index is 4520. The van der Waals surface area contributed by atoms with Crippen LogP contribution in [0.1, 0.15) is 221 Å². The smallest absolute Gasteiger partial charge is 0.252 e. The number of anilines is 8. The fourth-order valence-electron chi connectivity index (χ4n) is 18.7. The largest absolute Gasteiger partial charge is 0.334 e. The normalized spacial score (nSPS) is 21.1. The SMILES string of the molecule is CC(C)(C)c1ccc(-c2ccc3c(c2)C2(C)CCCCC2(C)N3c2cc3c4c(c2)N(c2ccc(C(C)(C)C)cc2-c2ccccc2)c2cc5c(cc2B4c2cc4c(cc2N3c2ccc(C(C)(C)C)cc2-c2ccccc2)C(C)(C)CCC4(C)C)C(C)(C)CC5(C)C)cc1. The number of fused-ring (bicyclic) bond motifs is 9. The molecule has 3 aliphatic carbocycles. The van der Waals surface area contributed by atoms with E-state index >= 15 is 0 Å². The summed E-state index contributed by atoms with van der Waals surface area (Å²) in [7, 11) is 0. The second-order valence-corrected chi connectivity index (χ2v) is 35.5. The lowest BCUT2D eigenvalue weighted by Crippen LogP contribution is -2.62. The molecule has 4 heteroatoms. The van der Waals surface area contributed by atoms with E-state index in [0.29, 0.717) is 0 Å². The van der Waals surface area contributed by atoms with Crippen LogP contribution >= 0.6 is 0 Å². The second-order valence-electron chi connectivity index (χ2n) is 35.5. The maximum Gasteiger partial charge on any atom is 0.252 e. The molecule has 474 valence electrons. The van der Waals surface area contributed by atoms with Crippen molar-refractivity contribution < 1.29 is 0 Å². The van der Waals surface area contributed by atoms with Crippen LogP contribution in [0.3, 0.4) is 0 Å². The Kier molecular flexibility index (Phi) is 13.6. The van der Waals surface area contributed by atoms with Crippen LogP contribution < -0.4 is 31.1 Å². The van der Waals surface area contributed by atoms with Gasteiger partial charge in [0.25, 0.3) is 6.71 Å². The van der Waals surface area contributed by atoms with Crippen molar-refractivity contribution in [3.8, 4) is 33.4 Å². The van der Waals surface area contributed by atoms with Gasteiger partial charge in [0.2, 0.25) is 0 Å². The highest BCUT2D eigenvalue weighted by Crippen LogP contribution is 2.63. The third-order valence-corrected chi connectivity index (χ3v) is 24.3. The molecule has 0 amide bonds. The Balaban J connectivity index is 1.11. The van der Waals surface area contributed by atoms with Crippen LogP contribution in [0.25, 0.3) is 33.4 Å². The summed E-state index contributed by atoms with van der Waals surface area (Å²) in [5.41, 5.74) is 32.8. The van der Waals surface area contributed by atoms with Crippen LogP contribution in [0.15, 0.2) is 176 Å². The monoisotopic (exact) mass is 1220 g/mol. The highest BCUT2D eigenvalue weighted by atomic mass is 15.3. The molecule has 2 unspecified atom stereocenters. The zero-order valence-corrected chi connectivity index (χ0v) is 59.6. The lowest BCUT2D eigenvalue weighted by Gasteiger charge is -2.51. The molecule has 0 spiro atoms. The first-order chi connectivity index (χ1) is 43.7. The minimum Gasteiger partial charge on any atom is -0.334 e. The predicted octanol–water partition coefficient (Wildman–Crippen LogP) is 22.7. The van der Waals surface area contributed by atoms with E-state index in [9.17, 15) is 0 Å². The fourth-order valence-corrected chi connectivity index (χ4v) is 18.7. The van der Waals surface area contributed by atoms with Gasteiger partial charge in [-0.2, -0.15) is 0 Å². The Labute approximate surface area is 559 Å². The Morgan fingerprint density at radius 1 is 0.333 bits per heavy atom. The van der Waals surface area contributed by atoms with Crippen LogP contribution in [-0.4, -0.2) is 12.3 Å². The van der Waals surface area contributed by atoms with E-state index in [4.69, 9.17) is 0 Å². The summed E-state index contributed by atoms with van der Waals surface area (Å²) >= 11 is 0. The number of nitrogens with zero attached hydrogens (tertiary/aromatic N) is 3. The predicted molar refractivity (Wildman–Crippen MR) is 402 cm³/mol. The van der Waals surface area contributed by atoms with Gasteiger partial charge < -0.3 is 14.7 Å². The number of benzene rings is 9. The van der Waals surface area contributed by atoms with Crippen LogP contribution in [-0.2, 0) is 43.3 Å². The zero-order chi connectivity index (χ0) is 65.7. The first-order valence-corrected chi connectivity index (χ1v) is 35.3. The van der Waals surface area contributed by atoms with Crippen LogP contribution in [0.5, 0.6) is 0 Å². The molecule has 9 aromatic carbocycles. The third kappa shape index (κ3) is 9.45. The molecule has 0 aromatic heterocycles. The third-order valence-electron chi connectivity index (χ3n) is 24.3. The number of rotatable bonds is 6. The average molecular weight is 1220 g/mol. The molecule has 2 atom stereocenters. The number of hydrogen-bond donors (Lipinski definition) is 0. The molecular formula is C89H100BN3. The van der Waals surface area contributed by atoms with Gasteiger partial charge in [-0.15, -0.1) is 0 Å². The van der Waals surface area contributed by atoms with Gasteiger partial charge in [-0.05, 0) is 221 Å². The van der Waals surface area contributed by atoms with Gasteiger partial charge in [-0.25, -0.2) is 0 Å². The van der Waals surface area contributed by atoms with E-state index in [1.54, 1.807) is 0 Å². The van der Waals surface area contributed by atoms with Gasteiger partial charge >= 0.3 is 0 Å². The van der Waals surface area contributed by atoms with Gasteiger partial charge in [0, 0.05) is 50.7 Å². The second kappa shape index (κ2) is 20.5. The summed E-state index contributed by atoms with van der Waals surface area (Å²) in [6, 6.07) is 71.0.